The van der Waals surface area contributed by atoms with Crippen LogP contribution < -0.4 is 0 Å². The lowest BCUT2D eigenvalue weighted by Crippen LogP contribution is -2.20. The van der Waals surface area contributed by atoms with Crippen LogP contribution in [-0.4, -0.2) is 32.0 Å². The summed E-state index contributed by atoms with van der Waals surface area (Å²) in [5.41, 5.74) is 0. The Morgan fingerprint density at radius 2 is 1.83 bits per heavy atom. The average Bonchev–Trinajstić information content (AvgIpc) is 2.83. The minimum absolute atomic E-state index is 0.0949. The van der Waals surface area contributed by atoms with Gasteiger partial charge in [-0.25, -0.2) is 8.42 Å². The Balaban J connectivity index is 2.12. The van der Waals surface area contributed by atoms with Crippen LogP contribution in [0.3, 0.4) is 0 Å². The maximum Gasteiger partial charge on any atom is 0.305 e. The van der Waals surface area contributed by atoms with Gasteiger partial charge in [0.2, 0.25) is 0 Å². The summed E-state index contributed by atoms with van der Waals surface area (Å²) in [4.78, 5) is 11.1. The van der Waals surface area contributed by atoms with Crippen LogP contribution in [0.25, 0.3) is 0 Å². The van der Waals surface area contributed by atoms with E-state index >= 15 is 0 Å². The van der Waals surface area contributed by atoms with Crippen molar-refractivity contribution in [1.82, 2.24) is 0 Å². The second kappa shape index (κ2) is 7.77. The standard InChI is InChI=1S/C13H24O4S/c1-2-17-13(14)10-4-3-7-11-18(15,16)12-8-5-6-9-12/h12H,2-11H2,1H3. The van der Waals surface area contributed by atoms with Gasteiger partial charge in [-0.05, 0) is 32.6 Å². The Hall–Kier alpha value is -0.580. The van der Waals surface area contributed by atoms with Crippen LogP contribution in [0.5, 0.6) is 0 Å². The Kier molecular flexibility index (Phi) is 6.68. The van der Waals surface area contributed by atoms with E-state index in [2.05, 4.69) is 0 Å². The lowest BCUT2D eigenvalue weighted by atomic mass is 10.2. The fourth-order valence-corrected chi connectivity index (χ4v) is 4.39. The molecule has 0 spiro atoms. The normalized spacial score (nSPS) is 16.9. The molecule has 0 bridgehead atoms. The Bertz CT molecular complexity index is 342. The molecule has 18 heavy (non-hydrogen) atoms. The number of sulfone groups is 1. The molecule has 0 atom stereocenters. The van der Waals surface area contributed by atoms with Gasteiger partial charge in [-0.2, -0.15) is 0 Å². The number of hydrogen-bond donors (Lipinski definition) is 0. The molecule has 0 aliphatic heterocycles. The number of ether oxygens (including phenoxy) is 1. The summed E-state index contributed by atoms with van der Waals surface area (Å²) in [5.74, 6) is 0.0941. The molecule has 0 unspecified atom stereocenters. The highest BCUT2D eigenvalue weighted by atomic mass is 32.2. The molecular weight excluding hydrogens is 252 g/mol. The van der Waals surface area contributed by atoms with Crippen molar-refractivity contribution in [2.75, 3.05) is 12.4 Å². The fourth-order valence-electron chi connectivity index (χ4n) is 2.40. The van der Waals surface area contributed by atoms with Gasteiger partial charge in [0.15, 0.2) is 9.84 Å². The number of unbranched alkanes of at least 4 members (excludes halogenated alkanes) is 2. The molecule has 1 rings (SSSR count). The zero-order valence-corrected chi connectivity index (χ0v) is 12.0. The number of carbonyl (C=O) groups is 1. The van der Waals surface area contributed by atoms with Gasteiger partial charge in [0, 0.05) is 6.42 Å². The van der Waals surface area contributed by atoms with Crippen LogP contribution in [0, 0.1) is 0 Å². The number of rotatable bonds is 8. The molecule has 0 radical (unpaired) electrons. The molecule has 4 nitrogen and oxygen atoms in total. The molecule has 1 aliphatic carbocycles. The molecule has 0 N–H and O–H groups in total. The third-order valence-corrected chi connectivity index (χ3v) is 5.77. The summed E-state index contributed by atoms with van der Waals surface area (Å²) in [5, 5.41) is -0.0949. The fraction of sp³-hybridized carbons (Fsp3) is 0.923. The second-order valence-electron chi connectivity index (χ2n) is 4.89. The van der Waals surface area contributed by atoms with Gasteiger partial charge < -0.3 is 4.74 Å². The van der Waals surface area contributed by atoms with Crippen LogP contribution in [0.4, 0.5) is 0 Å². The van der Waals surface area contributed by atoms with Crippen molar-refractivity contribution >= 4 is 15.8 Å². The molecule has 0 heterocycles. The Labute approximate surface area is 110 Å². The molecule has 5 heteroatoms. The van der Waals surface area contributed by atoms with Crippen molar-refractivity contribution < 1.29 is 17.9 Å². The third kappa shape index (κ3) is 5.38. The van der Waals surface area contributed by atoms with Gasteiger partial charge in [0.25, 0.3) is 0 Å². The molecule has 1 fully saturated rings. The molecule has 1 aliphatic rings. The first-order chi connectivity index (χ1) is 8.56. The van der Waals surface area contributed by atoms with Gasteiger partial charge in [0.1, 0.15) is 0 Å². The van der Waals surface area contributed by atoms with E-state index in [0.29, 0.717) is 19.4 Å². The van der Waals surface area contributed by atoms with E-state index in [1.807, 2.05) is 0 Å². The predicted molar refractivity (Wildman–Crippen MR) is 71.1 cm³/mol. The summed E-state index contributed by atoms with van der Waals surface area (Å²) < 4.78 is 28.7. The van der Waals surface area contributed by atoms with E-state index in [1.54, 1.807) is 6.92 Å². The van der Waals surface area contributed by atoms with Gasteiger partial charge >= 0.3 is 5.97 Å². The predicted octanol–water partition coefficient (Wildman–Crippen LogP) is 2.47. The number of hydrogen-bond acceptors (Lipinski definition) is 4. The average molecular weight is 276 g/mol. The zero-order valence-electron chi connectivity index (χ0n) is 11.2. The summed E-state index contributed by atoms with van der Waals surface area (Å²) in [7, 11) is -2.89. The van der Waals surface area contributed by atoms with Crippen molar-refractivity contribution in [3.8, 4) is 0 Å². The van der Waals surface area contributed by atoms with Gasteiger partial charge in [-0.15, -0.1) is 0 Å². The van der Waals surface area contributed by atoms with E-state index in [-0.39, 0.29) is 17.0 Å². The molecule has 0 aromatic heterocycles. The minimum atomic E-state index is -2.89. The van der Waals surface area contributed by atoms with Gasteiger partial charge in [0.05, 0.1) is 17.6 Å². The van der Waals surface area contributed by atoms with Gasteiger partial charge in [-0.1, -0.05) is 19.3 Å². The smallest absolute Gasteiger partial charge is 0.305 e. The zero-order chi connectivity index (χ0) is 13.4. The summed E-state index contributed by atoms with van der Waals surface area (Å²) in [6.45, 7) is 2.20. The largest absolute Gasteiger partial charge is 0.466 e. The van der Waals surface area contributed by atoms with Crippen LogP contribution in [0.2, 0.25) is 0 Å². The van der Waals surface area contributed by atoms with Crippen LogP contribution >= 0.6 is 0 Å². The van der Waals surface area contributed by atoms with Crippen molar-refractivity contribution in [1.29, 1.82) is 0 Å². The van der Waals surface area contributed by atoms with Crippen LogP contribution in [0.1, 0.15) is 58.3 Å². The number of esters is 1. The molecule has 0 amide bonds. The maximum atomic E-state index is 11.9. The highest BCUT2D eigenvalue weighted by Crippen LogP contribution is 2.25. The van der Waals surface area contributed by atoms with E-state index in [1.165, 1.54) is 0 Å². The van der Waals surface area contributed by atoms with Crippen LogP contribution in [0.15, 0.2) is 0 Å². The van der Waals surface area contributed by atoms with Crippen LogP contribution in [-0.2, 0) is 19.4 Å². The third-order valence-electron chi connectivity index (χ3n) is 3.43. The van der Waals surface area contributed by atoms with Crippen molar-refractivity contribution in [2.45, 2.75) is 63.5 Å². The van der Waals surface area contributed by atoms with E-state index in [0.717, 1.165) is 38.5 Å². The number of carbonyl (C=O) groups excluding carboxylic acids is 1. The Morgan fingerprint density at radius 1 is 1.17 bits per heavy atom. The van der Waals surface area contributed by atoms with Crippen molar-refractivity contribution in [3.63, 3.8) is 0 Å². The first-order valence-electron chi connectivity index (χ1n) is 6.93. The monoisotopic (exact) mass is 276 g/mol. The molecule has 0 aromatic carbocycles. The first-order valence-corrected chi connectivity index (χ1v) is 8.65. The van der Waals surface area contributed by atoms with Gasteiger partial charge in [-0.3, -0.25) is 4.79 Å². The molecule has 0 saturated heterocycles. The topological polar surface area (TPSA) is 60.4 Å². The quantitative estimate of drug-likeness (QED) is 0.505. The van der Waals surface area contributed by atoms with E-state index < -0.39 is 9.84 Å². The second-order valence-corrected chi connectivity index (χ2v) is 7.29. The van der Waals surface area contributed by atoms with Crippen molar-refractivity contribution in [2.24, 2.45) is 0 Å². The minimum Gasteiger partial charge on any atom is -0.466 e. The molecule has 1 saturated carbocycles. The lowest BCUT2D eigenvalue weighted by molar-refractivity contribution is -0.143. The Morgan fingerprint density at radius 3 is 2.44 bits per heavy atom. The lowest BCUT2D eigenvalue weighted by Gasteiger charge is -2.10. The molecule has 0 aromatic rings. The summed E-state index contributed by atoms with van der Waals surface area (Å²) >= 11 is 0. The van der Waals surface area contributed by atoms with Crippen molar-refractivity contribution in [3.05, 3.63) is 0 Å². The molecular formula is C13H24O4S. The maximum absolute atomic E-state index is 11.9. The first kappa shape index (κ1) is 15.5. The highest BCUT2D eigenvalue weighted by molar-refractivity contribution is 7.92. The highest BCUT2D eigenvalue weighted by Gasteiger charge is 2.27. The van der Waals surface area contributed by atoms with E-state index in [4.69, 9.17) is 4.74 Å². The molecule has 106 valence electrons. The van der Waals surface area contributed by atoms with E-state index in [9.17, 15) is 13.2 Å². The SMILES string of the molecule is CCOC(=O)CCCCCS(=O)(=O)C1CCCC1. The summed E-state index contributed by atoms with van der Waals surface area (Å²) in [6, 6.07) is 0. The summed E-state index contributed by atoms with van der Waals surface area (Å²) in [6.07, 6.45) is 6.34.